The lowest BCUT2D eigenvalue weighted by molar-refractivity contribution is 0.0601. The molecule has 4 rings (SSSR count). The zero-order chi connectivity index (χ0) is 26.1. The highest BCUT2D eigenvalue weighted by Crippen LogP contribution is 2.36. The Morgan fingerprint density at radius 1 is 1.03 bits per heavy atom. The molecule has 2 heterocycles. The van der Waals surface area contributed by atoms with Gasteiger partial charge in [0.25, 0.3) is 11.8 Å². The SMILES string of the molecule is COC(=O)c1c(NC(=O)c2cc(-c3ccc(Cl)c(Cl)c3)nc3ccccc23)sc(C(=O)N(C)C)c1C. The van der Waals surface area contributed by atoms with Crippen LogP contribution < -0.4 is 5.32 Å². The van der Waals surface area contributed by atoms with Crippen LogP contribution >= 0.6 is 34.5 Å². The number of aromatic nitrogens is 1. The lowest BCUT2D eigenvalue weighted by Crippen LogP contribution is -2.21. The molecule has 0 fully saturated rings. The van der Waals surface area contributed by atoms with Crippen LogP contribution in [0.25, 0.3) is 22.2 Å². The molecular weight excluding hydrogens is 521 g/mol. The van der Waals surface area contributed by atoms with Crippen molar-refractivity contribution in [1.82, 2.24) is 9.88 Å². The summed E-state index contributed by atoms with van der Waals surface area (Å²) in [6.07, 6.45) is 0. The summed E-state index contributed by atoms with van der Waals surface area (Å²) in [7, 11) is 4.48. The topological polar surface area (TPSA) is 88.6 Å². The average molecular weight is 542 g/mol. The molecule has 0 unspecified atom stereocenters. The summed E-state index contributed by atoms with van der Waals surface area (Å²) in [6.45, 7) is 1.65. The molecular formula is C26H21Cl2N3O4S. The van der Waals surface area contributed by atoms with E-state index in [-0.39, 0.29) is 16.5 Å². The van der Waals surface area contributed by atoms with Gasteiger partial charge in [0.15, 0.2) is 0 Å². The second kappa shape index (κ2) is 10.3. The van der Waals surface area contributed by atoms with Gasteiger partial charge in [-0.2, -0.15) is 0 Å². The minimum Gasteiger partial charge on any atom is -0.465 e. The van der Waals surface area contributed by atoms with Gasteiger partial charge in [0.1, 0.15) is 5.00 Å². The summed E-state index contributed by atoms with van der Waals surface area (Å²) in [5.74, 6) is -1.39. The molecule has 4 aromatic rings. The Bertz CT molecular complexity index is 1530. The minimum atomic E-state index is -0.645. The predicted octanol–water partition coefficient (Wildman–Crippen LogP) is 6.32. The second-order valence-corrected chi connectivity index (χ2v) is 9.94. The standard InChI is InChI=1S/C26H21Cl2N3O4S/c1-13-21(26(34)35-4)24(36-22(13)25(33)31(2)3)30-23(32)16-12-20(14-9-10-17(27)18(28)11-14)29-19-8-6-5-7-15(16)19/h5-12H,1-4H3,(H,30,32). The highest BCUT2D eigenvalue weighted by atomic mass is 35.5. The first-order valence-corrected chi connectivity index (χ1v) is 12.3. The van der Waals surface area contributed by atoms with Crippen LogP contribution in [0.2, 0.25) is 10.0 Å². The Balaban J connectivity index is 1.83. The van der Waals surface area contributed by atoms with Crippen molar-refractivity contribution in [2.45, 2.75) is 6.92 Å². The Hall–Kier alpha value is -3.46. The van der Waals surface area contributed by atoms with Crippen LogP contribution in [0.15, 0.2) is 48.5 Å². The molecule has 2 aromatic heterocycles. The van der Waals surface area contributed by atoms with E-state index in [9.17, 15) is 14.4 Å². The van der Waals surface area contributed by atoms with Crippen LogP contribution in [0.4, 0.5) is 5.00 Å². The number of benzene rings is 2. The largest absolute Gasteiger partial charge is 0.465 e. The molecule has 184 valence electrons. The molecule has 0 atom stereocenters. The average Bonchev–Trinajstić information content (AvgIpc) is 3.19. The maximum atomic E-state index is 13.6. The Morgan fingerprint density at radius 2 is 1.75 bits per heavy atom. The number of methoxy groups -OCH3 is 1. The van der Waals surface area contributed by atoms with Gasteiger partial charge in [-0.1, -0.05) is 47.5 Å². The van der Waals surface area contributed by atoms with E-state index < -0.39 is 11.9 Å². The number of hydrogen-bond donors (Lipinski definition) is 1. The van der Waals surface area contributed by atoms with Crippen molar-refractivity contribution in [3.63, 3.8) is 0 Å². The van der Waals surface area contributed by atoms with Crippen molar-refractivity contribution in [1.29, 1.82) is 0 Å². The number of anilines is 1. The Kier molecular flexibility index (Phi) is 7.31. The number of rotatable bonds is 5. The number of carbonyl (C=O) groups is 3. The molecule has 0 saturated heterocycles. The van der Waals surface area contributed by atoms with E-state index in [0.29, 0.717) is 48.2 Å². The van der Waals surface area contributed by atoms with Gasteiger partial charge in [-0.3, -0.25) is 9.59 Å². The maximum Gasteiger partial charge on any atom is 0.341 e. The molecule has 36 heavy (non-hydrogen) atoms. The number of fused-ring (bicyclic) bond motifs is 1. The lowest BCUT2D eigenvalue weighted by Gasteiger charge is -2.11. The third-order valence-corrected chi connectivity index (χ3v) is 7.47. The van der Waals surface area contributed by atoms with Crippen molar-refractivity contribution < 1.29 is 19.1 Å². The zero-order valence-electron chi connectivity index (χ0n) is 19.8. The van der Waals surface area contributed by atoms with Gasteiger partial charge in [-0.15, -0.1) is 11.3 Å². The van der Waals surface area contributed by atoms with Crippen molar-refractivity contribution in [2.75, 3.05) is 26.5 Å². The minimum absolute atomic E-state index is 0.143. The van der Waals surface area contributed by atoms with E-state index in [1.807, 2.05) is 12.1 Å². The number of para-hydroxylation sites is 1. The van der Waals surface area contributed by atoms with E-state index in [1.165, 1.54) is 12.0 Å². The predicted molar refractivity (Wildman–Crippen MR) is 144 cm³/mol. The molecule has 2 amide bonds. The van der Waals surface area contributed by atoms with Gasteiger partial charge in [-0.05, 0) is 36.8 Å². The molecule has 0 aliphatic rings. The first-order chi connectivity index (χ1) is 17.1. The molecule has 2 aromatic carbocycles. The summed E-state index contributed by atoms with van der Waals surface area (Å²) < 4.78 is 4.92. The molecule has 0 radical (unpaired) electrons. The maximum absolute atomic E-state index is 13.6. The number of amides is 2. The van der Waals surface area contributed by atoms with Gasteiger partial charge in [-0.25, -0.2) is 9.78 Å². The number of halogens is 2. The van der Waals surface area contributed by atoms with E-state index in [0.717, 1.165) is 11.3 Å². The number of carbonyl (C=O) groups excluding carboxylic acids is 3. The second-order valence-electron chi connectivity index (χ2n) is 8.11. The van der Waals surface area contributed by atoms with Crippen molar-refractivity contribution in [3.05, 3.63) is 80.1 Å². The highest BCUT2D eigenvalue weighted by molar-refractivity contribution is 7.18. The van der Waals surface area contributed by atoms with Crippen LogP contribution in [0.5, 0.6) is 0 Å². The lowest BCUT2D eigenvalue weighted by atomic mass is 10.0. The molecule has 0 aliphatic carbocycles. The number of esters is 1. The number of nitrogens with zero attached hydrogens (tertiary/aromatic N) is 2. The fourth-order valence-electron chi connectivity index (χ4n) is 3.69. The van der Waals surface area contributed by atoms with Crippen LogP contribution in [-0.2, 0) is 4.74 Å². The summed E-state index contributed by atoms with van der Waals surface area (Å²) >= 11 is 13.3. The van der Waals surface area contributed by atoms with Crippen molar-refractivity contribution in [2.24, 2.45) is 0 Å². The van der Waals surface area contributed by atoms with Crippen LogP contribution in [0.1, 0.15) is 36.0 Å². The molecule has 10 heteroatoms. The fraction of sp³-hybridized carbons (Fsp3) is 0.154. The Morgan fingerprint density at radius 3 is 2.42 bits per heavy atom. The van der Waals surface area contributed by atoms with Crippen LogP contribution in [0, 0.1) is 6.92 Å². The van der Waals surface area contributed by atoms with E-state index in [1.54, 1.807) is 57.4 Å². The number of pyridine rings is 1. The van der Waals surface area contributed by atoms with Crippen LogP contribution in [-0.4, -0.2) is 48.9 Å². The molecule has 0 saturated carbocycles. The number of ether oxygens (including phenoxy) is 1. The zero-order valence-corrected chi connectivity index (χ0v) is 22.1. The fourth-order valence-corrected chi connectivity index (χ4v) is 5.20. The number of hydrogen-bond acceptors (Lipinski definition) is 6. The third-order valence-electron chi connectivity index (χ3n) is 5.54. The van der Waals surface area contributed by atoms with E-state index in [2.05, 4.69) is 10.3 Å². The summed E-state index contributed by atoms with van der Waals surface area (Å²) in [4.78, 5) is 45.3. The quantitative estimate of drug-likeness (QED) is 0.298. The van der Waals surface area contributed by atoms with Crippen molar-refractivity contribution in [3.8, 4) is 11.3 Å². The normalized spacial score (nSPS) is 10.8. The van der Waals surface area contributed by atoms with Gasteiger partial charge >= 0.3 is 5.97 Å². The first-order valence-electron chi connectivity index (χ1n) is 10.7. The van der Waals surface area contributed by atoms with Gasteiger partial charge < -0.3 is 15.0 Å². The highest BCUT2D eigenvalue weighted by Gasteiger charge is 2.27. The summed E-state index contributed by atoms with van der Waals surface area (Å²) in [5.41, 5.74) is 2.73. The molecule has 0 bridgehead atoms. The molecule has 1 N–H and O–H groups in total. The van der Waals surface area contributed by atoms with Gasteiger partial charge in [0.2, 0.25) is 0 Å². The number of nitrogens with one attached hydrogen (secondary N) is 1. The van der Waals surface area contributed by atoms with Crippen molar-refractivity contribution >= 4 is 68.2 Å². The van der Waals surface area contributed by atoms with E-state index in [4.69, 9.17) is 27.9 Å². The van der Waals surface area contributed by atoms with Gasteiger partial charge in [0, 0.05) is 25.0 Å². The summed E-state index contributed by atoms with van der Waals surface area (Å²) in [6, 6.07) is 14.0. The van der Waals surface area contributed by atoms with Gasteiger partial charge in [0.05, 0.1) is 44.4 Å². The van der Waals surface area contributed by atoms with E-state index >= 15 is 0 Å². The molecule has 0 aliphatic heterocycles. The monoisotopic (exact) mass is 541 g/mol. The third kappa shape index (κ3) is 4.80. The smallest absolute Gasteiger partial charge is 0.341 e. The number of thiophene rings is 1. The molecule has 0 spiro atoms. The van der Waals surface area contributed by atoms with Crippen LogP contribution in [0.3, 0.4) is 0 Å². The summed E-state index contributed by atoms with van der Waals surface area (Å²) in [5, 5.41) is 4.45. The Labute approximate surface area is 221 Å². The first kappa shape index (κ1) is 25.6. The molecule has 7 nitrogen and oxygen atoms in total.